The Hall–Kier alpha value is -1.69. The van der Waals surface area contributed by atoms with Gasteiger partial charge < -0.3 is 10.1 Å². The van der Waals surface area contributed by atoms with E-state index in [0.29, 0.717) is 12.4 Å². The number of aryl methyl sites for hydroxylation is 1. The molecular formula is C11H15N3O3. The average Bonchev–Trinajstić information content (AvgIpc) is 2.30. The minimum absolute atomic E-state index is 0.0150. The smallest absolute Gasteiger partial charge is 0.311 e. The molecule has 92 valence electrons. The first-order valence-electron chi connectivity index (χ1n) is 5.63. The predicted molar refractivity (Wildman–Crippen MR) is 63.1 cm³/mol. The fourth-order valence-corrected chi connectivity index (χ4v) is 1.85. The lowest BCUT2D eigenvalue weighted by Crippen LogP contribution is -2.30. The molecule has 1 fully saturated rings. The summed E-state index contributed by atoms with van der Waals surface area (Å²) in [6, 6.07) is 3.23. The van der Waals surface area contributed by atoms with E-state index in [9.17, 15) is 10.1 Å². The summed E-state index contributed by atoms with van der Waals surface area (Å²) in [5.41, 5.74) is 0.774. The van der Waals surface area contributed by atoms with E-state index < -0.39 is 4.92 Å². The Bertz CT molecular complexity index is 416. The molecule has 1 unspecified atom stereocenters. The van der Waals surface area contributed by atoms with Gasteiger partial charge in [0.15, 0.2) is 0 Å². The van der Waals surface area contributed by atoms with Crippen molar-refractivity contribution < 1.29 is 9.66 Å². The third kappa shape index (κ3) is 2.91. The number of aromatic nitrogens is 1. The van der Waals surface area contributed by atoms with Crippen molar-refractivity contribution in [1.29, 1.82) is 0 Å². The van der Waals surface area contributed by atoms with Gasteiger partial charge in [0.25, 0.3) is 0 Å². The maximum absolute atomic E-state index is 10.9. The Kier molecular flexibility index (Phi) is 3.53. The summed E-state index contributed by atoms with van der Waals surface area (Å²) in [5, 5.41) is 14.0. The molecule has 1 aliphatic rings. The van der Waals surface area contributed by atoms with E-state index in [2.05, 4.69) is 10.3 Å². The number of pyridine rings is 1. The van der Waals surface area contributed by atoms with Gasteiger partial charge in [-0.05, 0) is 25.8 Å². The fourth-order valence-electron chi connectivity index (χ4n) is 1.85. The maximum Gasteiger partial charge on any atom is 0.311 e. The molecule has 1 atom stereocenters. The summed E-state index contributed by atoms with van der Waals surface area (Å²) in [6.07, 6.45) is 1.92. The maximum atomic E-state index is 10.9. The monoisotopic (exact) mass is 237 g/mol. The number of nitrogens with zero attached hydrogens (tertiary/aromatic N) is 2. The third-order valence-corrected chi connectivity index (χ3v) is 2.71. The van der Waals surface area contributed by atoms with Crippen molar-refractivity contribution in [2.24, 2.45) is 0 Å². The summed E-state index contributed by atoms with van der Waals surface area (Å²) < 4.78 is 5.32. The molecule has 0 bridgehead atoms. The van der Waals surface area contributed by atoms with Crippen molar-refractivity contribution in [1.82, 2.24) is 4.98 Å². The van der Waals surface area contributed by atoms with E-state index in [4.69, 9.17) is 4.74 Å². The number of anilines is 1. The Morgan fingerprint density at radius 2 is 2.41 bits per heavy atom. The highest BCUT2D eigenvalue weighted by Crippen LogP contribution is 2.24. The first kappa shape index (κ1) is 11.8. The Morgan fingerprint density at radius 1 is 1.59 bits per heavy atom. The van der Waals surface area contributed by atoms with Crippen LogP contribution in [-0.2, 0) is 4.74 Å². The van der Waals surface area contributed by atoms with Crippen molar-refractivity contribution in [3.63, 3.8) is 0 Å². The normalized spacial score (nSPS) is 19.9. The molecule has 0 radical (unpaired) electrons. The van der Waals surface area contributed by atoms with Crippen molar-refractivity contribution in [2.75, 3.05) is 18.5 Å². The van der Waals surface area contributed by atoms with Crippen molar-refractivity contribution in [3.05, 3.63) is 27.9 Å². The number of rotatable bonds is 3. The Labute approximate surface area is 99.2 Å². The lowest BCUT2D eigenvalue weighted by molar-refractivity contribution is -0.384. The van der Waals surface area contributed by atoms with E-state index in [1.807, 2.05) is 6.92 Å². The van der Waals surface area contributed by atoms with E-state index in [-0.39, 0.29) is 11.7 Å². The quantitative estimate of drug-likeness (QED) is 0.641. The number of hydrogen-bond acceptors (Lipinski definition) is 5. The molecule has 0 saturated carbocycles. The zero-order valence-electron chi connectivity index (χ0n) is 9.68. The van der Waals surface area contributed by atoms with Crippen LogP contribution in [0.15, 0.2) is 12.1 Å². The molecule has 6 nitrogen and oxygen atoms in total. The first-order valence-corrected chi connectivity index (χ1v) is 5.63. The molecular weight excluding hydrogens is 222 g/mol. The molecule has 0 aliphatic carbocycles. The number of ether oxygens (including phenoxy) is 1. The topological polar surface area (TPSA) is 77.3 Å². The van der Waals surface area contributed by atoms with Gasteiger partial charge >= 0.3 is 5.69 Å². The Balaban J connectivity index is 2.17. The first-order chi connectivity index (χ1) is 8.16. The van der Waals surface area contributed by atoms with E-state index in [1.165, 1.54) is 6.07 Å². The molecule has 2 heterocycles. The van der Waals surface area contributed by atoms with Crippen LogP contribution in [0.5, 0.6) is 0 Å². The number of nitro groups is 1. The van der Waals surface area contributed by atoms with Gasteiger partial charge in [-0.3, -0.25) is 10.1 Å². The van der Waals surface area contributed by atoms with E-state index in [1.54, 1.807) is 6.07 Å². The highest BCUT2D eigenvalue weighted by atomic mass is 16.6. The van der Waals surface area contributed by atoms with Gasteiger partial charge in [-0.1, -0.05) is 0 Å². The molecule has 0 aromatic carbocycles. The highest BCUT2D eigenvalue weighted by molar-refractivity contribution is 5.56. The third-order valence-electron chi connectivity index (χ3n) is 2.71. The molecule has 0 spiro atoms. The number of nitrogens with one attached hydrogen (secondary N) is 1. The molecule has 6 heteroatoms. The van der Waals surface area contributed by atoms with Crippen LogP contribution in [0.25, 0.3) is 0 Å². The Morgan fingerprint density at radius 3 is 3.06 bits per heavy atom. The molecule has 1 aliphatic heterocycles. The van der Waals surface area contributed by atoms with Gasteiger partial charge in [0.2, 0.25) is 5.82 Å². The minimum atomic E-state index is -0.418. The minimum Gasteiger partial charge on any atom is -0.379 e. The van der Waals surface area contributed by atoms with E-state index in [0.717, 1.165) is 25.1 Å². The van der Waals surface area contributed by atoms with Crippen LogP contribution in [-0.4, -0.2) is 29.2 Å². The molecule has 1 N–H and O–H groups in total. The molecule has 2 rings (SSSR count). The highest BCUT2D eigenvalue weighted by Gasteiger charge is 2.20. The molecule has 1 aromatic heterocycles. The van der Waals surface area contributed by atoms with Gasteiger partial charge in [-0.15, -0.1) is 0 Å². The SMILES string of the molecule is Cc1ccc([N+](=O)[O-])c(NC2CCCOC2)n1. The van der Waals surface area contributed by atoms with Gasteiger partial charge in [0, 0.05) is 18.4 Å². The van der Waals surface area contributed by atoms with Crippen LogP contribution >= 0.6 is 0 Å². The fraction of sp³-hybridized carbons (Fsp3) is 0.545. The van der Waals surface area contributed by atoms with Crippen LogP contribution in [0.4, 0.5) is 11.5 Å². The van der Waals surface area contributed by atoms with Crippen LogP contribution in [0.2, 0.25) is 0 Å². The predicted octanol–water partition coefficient (Wildman–Crippen LogP) is 1.89. The lowest BCUT2D eigenvalue weighted by atomic mass is 10.1. The van der Waals surface area contributed by atoms with Gasteiger partial charge in [-0.25, -0.2) is 4.98 Å². The van der Waals surface area contributed by atoms with Crippen LogP contribution in [0.1, 0.15) is 18.5 Å². The summed E-state index contributed by atoms with van der Waals surface area (Å²) in [7, 11) is 0. The van der Waals surface area contributed by atoms with Crippen LogP contribution in [0, 0.1) is 17.0 Å². The molecule has 0 amide bonds. The van der Waals surface area contributed by atoms with Gasteiger partial charge in [0.05, 0.1) is 17.6 Å². The standard InChI is InChI=1S/C11H15N3O3/c1-8-4-5-10(14(15)16)11(12-8)13-9-3-2-6-17-7-9/h4-5,9H,2-3,6-7H2,1H3,(H,12,13). The van der Waals surface area contributed by atoms with Crippen molar-refractivity contribution in [2.45, 2.75) is 25.8 Å². The summed E-state index contributed by atoms with van der Waals surface area (Å²) in [4.78, 5) is 14.6. The van der Waals surface area contributed by atoms with Crippen molar-refractivity contribution in [3.8, 4) is 0 Å². The second kappa shape index (κ2) is 5.09. The van der Waals surface area contributed by atoms with Crippen LogP contribution in [0.3, 0.4) is 0 Å². The lowest BCUT2D eigenvalue weighted by Gasteiger charge is -2.23. The zero-order chi connectivity index (χ0) is 12.3. The summed E-state index contributed by atoms with van der Waals surface area (Å²) in [6.45, 7) is 3.15. The number of hydrogen-bond donors (Lipinski definition) is 1. The summed E-state index contributed by atoms with van der Waals surface area (Å²) >= 11 is 0. The molecule has 17 heavy (non-hydrogen) atoms. The average molecular weight is 237 g/mol. The van der Waals surface area contributed by atoms with E-state index >= 15 is 0 Å². The second-order valence-corrected chi connectivity index (χ2v) is 4.14. The van der Waals surface area contributed by atoms with Gasteiger partial charge in [0.1, 0.15) is 0 Å². The molecule has 1 aromatic rings. The second-order valence-electron chi connectivity index (χ2n) is 4.14. The molecule has 1 saturated heterocycles. The summed E-state index contributed by atoms with van der Waals surface area (Å²) in [5.74, 6) is 0.338. The van der Waals surface area contributed by atoms with Gasteiger partial charge in [-0.2, -0.15) is 0 Å². The largest absolute Gasteiger partial charge is 0.379 e. The zero-order valence-corrected chi connectivity index (χ0v) is 9.68. The van der Waals surface area contributed by atoms with Crippen LogP contribution < -0.4 is 5.32 Å². The van der Waals surface area contributed by atoms with Crippen molar-refractivity contribution >= 4 is 11.5 Å².